The molecule has 1 saturated heterocycles. The second kappa shape index (κ2) is 7.98. The SMILES string of the molecule is CCn1cc(C(=O)N2CCC[C@@H](Oc3cnccn3)C2)c(=O)c2ccc(C)nc21. The number of piperidine rings is 1. The number of carbonyl (C=O) groups excluding carboxylic acids is 1. The van der Waals surface area contributed by atoms with Crippen LogP contribution in [-0.4, -0.2) is 49.5 Å². The normalized spacial score (nSPS) is 16.8. The van der Waals surface area contributed by atoms with E-state index in [-0.39, 0.29) is 23.0 Å². The molecule has 150 valence electrons. The van der Waals surface area contributed by atoms with Gasteiger partial charge in [0.2, 0.25) is 11.3 Å². The van der Waals surface area contributed by atoms with E-state index in [1.165, 1.54) is 0 Å². The third-order valence-electron chi connectivity index (χ3n) is 5.12. The van der Waals surface area contributed by atoms with Crippen molar-refractivity contribution in [3.63, 3.8) is 0 Å². The molecule has 0 aromatic carbocycles. The molecule has 0 unspecified atom stereocenters. The Kier molecular flexibility index (Phi) is 5.24. The fourth-order valence-electron chi connectivity index (χ4n) is 3.66. The van der Waals surface area contributed by atoms with Crippen molar-refractivity contribution >= 4 is 16.9 Å². The predicted molar refractivity (Wildman–Crippen MR) is 108 cm³/mol. The molecule has 0 saturated carbocycles. The van der Waals surface area contributed by atoms with Gasteiger partial charge in [-0.1, -0.05) is 0 Å². The lowest BCUT2D eigenvalue weighted by Gasteiger charge is -2.32. The average molecular weight is 393 g/mol. The highest BCUT2D eigenvalue weighted by molar-refractivity contribution is 5.97. The van der Waals surface area contributed by atoms with Crippen molar-refractivity contribution in [3.05, 3.63) is 58.4 Å². The van der Waals surface area contributed by atoms with Crippen molar-refractivity contribution in [3.8, 4) is 5.88 Å². The van der Waals surface area contributed by atoms with Crippen LogP contribution < -0.4 is 10.2 Å². The highest BCUT2D eigenvalue weighted by atomic mass is 16.5. The third-order valence-corrected chi connectivity index (χ3v) is 5.12. The maximum atomic E-state index is 13.2. The molecule has 1 atom stereocenters. The number of rotatable bonds is 4. The molecule has 3 aromatic heterocycles. The Morgan fingerprint density at radius 1 is 1.31 bits per heavy atom. The molecular formula is C21H23N5O3. The van der Waals surface area contributed by atoms with Crippen molar-refractivity contribution in [2.75, 3.05) is 13.1 Å². The highest BCUT2D eigenvalue weighted by Crippen LogP contribution is 2.18. The summed E-state index contributed by atoms with van der Waals surface area (Å²) < 4.78 is 7.72. The van der Waals surface area contributed by atoms with E-state index in [0.717, 1.165) is 18.5 Å². The van der Waals surface area contributed by atoms with Crippen LogP contribution in [0.3, 0.4) is 0 Å². The predicted octanol–water partition coefficient (Wildman–Crippen LogP) is 2.20. The number of aryl methyl sites for hydroxylation is 2. The maximum Gasteiger partial charge on any atom is 0.259 e. The minimum Gasteiger partial charge on any atom is -0.471 e. The van der Waals surface area contributed by atoms with E-state index in [9.17, 15) is 9.59 Å². The number of pyridine rings is 2. The van der Waals surface area contributed by atoms with E-state index in [0.29, 0.717) is 36.5 Å². The van der Waals surface area contributed by atoms with Crippen molar-refractivity contribution in [2.24, 2.45) is 0 Å². The molecule has 4 heterocycles. The molecule has 29 heavy (non-hydrogen) atoms. The van der Waals surface area contributed by atoms with Gasteiger partial charge in [0.15, 0.2) is 0 Å². The van der Waals surface area contributed by atoms with Crippen molar-refractivity contribution in [1.29, 1.82) is 0 Å². The molecule has 0 spiro atoms. The summed E-state index contributed by atoms with van der Waals surface area (Å²) in [6, 6.07) is 3.54. The van der Waals surface area contributed by atoms with E-state index >= 15 is 0 Å². The highest BCUT2D eigenvalue weighted by Gasteiger charge is 2.28. The minimum atomic E-state index is -0.279. The van der Waals surface area contributed by atoms with Gasteiger partial charge in [-0.2, -0.15) is 0 Å². The number of fused-ring (bicyclic) bond motifs is 1. The molecule has 1 fully saturated rings. The number of amides is 1. The Bertz CT molecular complexity index is 1100. The fraction of sp³-hybridized carbons (Fsp3) is 0.381. The number of likely N-dealkylation sites (tertiary alicyclic amines) is 1. The lowest BCUT2D eigenvalue weighted by atomic mass is 10.1. The number of carbonyl (C=O) groups is 1. The Morgan fingerprint density at radius 3 is 2.93 bits per heavy atom. The van der Waals surface area contributed by atoms with Gasteiger partial charge < -0.3 is 14.2 Å². The van der Waals surface area contributed by atoms with E-state index in [1.807, 2.05) is 18.4 Å². The lowest BCUT2D eigenvalue weighted by molar-refractivity contribution is 0.0525. The zero-order valence-electron chi connectivity index (χ0n) is 16.5. The number of ether oxygens (including phenoxy) is 1. The van der Waals surface area contributed by atoms with Crippen LogP contribution in [0.4, 0.5) is 0 Å². The number of hydrogen-bond donors (Lipinski definition) is 0. The molecule has 4 rings (SSSR count). The topological polar surface area (TPSA) is 90.2 Å². The summed E-state index contributed by atoms with van der Waals surface area (Å²) in [7, 11) is 0. The maximum absolute atomic E-state index is 13.2. The van der Waals surface area contributed by atoms with Crippen LogP contribution in [0.1, 0.15) is 35.8 Å². The Labute approximate surface area is 168 Å². The average Bonchev–Trinajstić information content (AvgIpc) is 2.74. The minimum absolute atomic E-state index is 0.171. The van der Waals surface area contributed by atoms with E-state index in [2.05, 4.69) is 15.0 Å². The molecule has 1 aliphatic heterocycles. The molecule has 8 heteroatoms. The Morgan fingerprint density at radius 2 is 2.17 bits per heavy atom. The van der Waals surface area contributed by atoms with Crippen LogP contribution in [0.5, 0.6) is 5.88 Å². The molecule has 8 nitrogen and oxygen atoms in total. The summed E-state index contributed by atoms with van der Waals surface area (Å²) in [5.41, 5.74) is 1.33. The van der Waals surface area contributed by atoms with Crippen LogP contribution in [0.15, 0.2) is 41.7 Å². The zero-order chi connectivity index (χ0) is 20.4. The number of hydrogen-bond acceptors (Lipinski definition) is 6. The van der Waals surface area contributed by atoms with Crippen LogP contribution in [-0.2, 0) is 6.54 Å². The summed E-state index contributed by atoms with van der Waals surface area (Å²) in [6.07, 6.45) is 7.78. The van der Waals surface area contributed by atoms with Gasteiger partial charge in [0, 0.05) is 37.4 Å². The van der Waals surface area contributed by atoms with Gasteiger partial charge in [-0.15, -0.1) is 0 Å². The van der Waals surface area contributed by atoms with Crippen molar-refractivity contribution < 1.29 is 9.53 Å². The van der Waals surface area contributed by atoms with Crippen LogP contribution >= 0.6 is 0 Å². The van der Waals surface area contributed by atoms with Gasteiger partial charge in [0.05, 0.1) is 18.1 Å². The van der Waals surface area contributed by atoms with Crippen LogP contribution in [0.2, 0.25) is 0 Å². The molecule has 3 aromatic rings. The Hall–Kier alpha value is -3.29. The smallest absolute Gasteiger partial charge is 0.259 e. The van der Waals surface area contributed by atoms with Crippen molar-refractivity contribution in [1.82, 2.24) is 24.4 Å². The quantitative estimate of drug-likeness (QED) is 0.675. The molecule has 1 amide bonds. The summed E-state index contributed by atoms with van der Waals surface area (Å²) in [6.45, 7) is 5.47. The van der Waals surface area contributed by atoms with Gasteiger partial charge in [0.25, 0.3) is 5.91 Å². The molecular weight excluding hydrogens is 370 g/mol. The van der Waals surface area contributed by atoms with Crippen LogP contribution in [0, 0.1) is 6.92 Å². The monoisotopic (exact) mass is 393 g/mol. The second-order valence-corrected chi connectivity index (χ2v) is 7.16. The van der Waals surface area contributed by atoms with Crippen LogP contribution in [0.25, 0.3) is 11.0 Å². The van der Waals surface area contributed by atoms with Gasteiger partial charge in [-0.3, -0.25) is 14.6 Å². The molecule has 0 aliphatic carbocycles. The Balaban J connectivity index is 1.62. The first-order valence-corrected chi connectivity index (χ1v) is 9.79. The van der Waals surface area contributed by atoms with E-state index in [4.69, 9.17) is 4.74 Å². The second-order valence-electron chi connectivity index (χ2n) is 7.16. The summed E-state index contributed by atoms with van der Waals surface area (Å²) in [4.78, 5) is 40.5. The van der Waals surface area contributed by atoms with Gasteiger partial charge in [0.1, 0.15) is 17.3 Å². The molecule has 0 N–H and O–H groups in total. The summed E-state index contributed by atoms with van der Waals surface area (Å²) in [5, 5.41) is 0.465. The third kappa shape index (κ3) is 3.83. The van der Waals surface area contributed by atoms with Gasteiger partial charge >= 0.3 is 0 Å². The number of aromatic nitrogens is 4. The zero-order valence-corrected chi connectivity index (χ0v) is 16.5. The van der Waals surface area contributed by atoms with E-state index in [1.54, 1.807) is 41.8 Å². The first kappa shape index (κ1) is 19.0. The van der Waals surface area contributed by atoms with E-state index < -0.39 is 0 Å². The first-order valence-electron chi connectivity index (χ1n) is 9.79. The van der Waals surface area contributed by atoms with Gasteiger partial charge in [-0.05, 0) is 38.8 Å². The lowest BCUT2D eigenvalue weighted by Crippen LogP contribution is -2.45. The standard InChI is InChI=1S/C21H23N5O3/c1-3-25-13-17(19(27)16-7-6-14(2)24-20(16)25)21(28)26-10-4-5-15(12-26)29-18-11-22-8-9-23-18/h6-9,11,13,15H,3-5,10,12H2,1-2H3/t15-/m1/s1. The van der Waals surface area contributed by atoms with Gasteiger partial charge in [-0.25, -0.2) is 9.97 Å². The first-order chi connectivity index (χ1) is 14.1. The molecule has 1 aliphatic rings. The fourth-order valence-corrected chi connectivity index (χ4v) is 3.66. The summed E-state index contributed by atoms with van der Waals surface area (Å²) >= 11 is 0. The number of nitrogens with zero attached hydrogens (tertiary/aromatic N) is 5. The largest absolute Gasteiger partial charge is 0.471 e. The summed E-state index contributed by atoms with van der Waals surface area (Å²) in [5.74, 6) is 0.166. The molecule has 0 radical (unpaired) electrons. The van der Waals surface area contributed by atoms with Crippen molar-refractivity contribution in [2.45, 2.75) is 39.3 Å². The molecule has 0 bridgehead atoms.